The molecular weight excluding hydrogens is 252 g/mol. The molecule has 1 unspecified atom stereocenters. The monoisotopic (exact) mass is 276 g/mol. The molecule has 2 fully saturated rings. The molecule has 0 saturated carbocycles. The summed E-state index contributed by atoms with van der Waals surface area (Å²) in [6.45, 7) is 3.75. The SMILES string of the molecule is COCC1CCN(C(=O)CC2CCCN2)CC1.Cl. The van der Waals surface area contributed by atoms with Crippen molar-refractivity contribution in [1.82, 2.24) is 10.2 Å². The number of likely N-dealkylation sites (tertiary alicyclic amines) is 1. The quantitative estimate of drug-likeness (QED) is 0.845. The van der Waals surface area contributed by atoms with Crippen molar-refractivity contribution in [3.63, 3.8) is 0 Å². The number of methoxy groups -OCH3 is 1. The molecule has 2 aliphatic heterocycles. The molecule has 2 heterocycles. The molecule has 0 aliphatic carbocycles. The first-order valence-electron chi connectivity index (χ1n) is 6.79. The lowest BCUT2D eigenvalue weighted by Crippen LogP contribution is -2.41. The molecular formula is C13H25ClN2O2. The Balaban J connectivity index is 0.00000162. The Hall–Kier alpha value is -0.320. The van der Waals surface area contributed by atoms with Crippen LogP contribution < -0.4 is 5.32 Å². The molecule has 2 saturated heterocycles. The smallest absolute Gasteiger partial charge is 0.224 e. The zero-order valence-electron chi connectivity index (χ0n) is 11.2. The van der Waals surface area contributed by atoms with Crippen molar-refractivity contribution in [2.45, 2.75) is 38.1 Å². The van der Waals surface area contributed by atoms with Gasteiger partial charge < -0.3 is 15.0 Å². The summed E-state index contributed by atoms with van der Waals surface area (Å²) < 4.78 is 5.17. The second-order valence-electron chi connectivity index (χ2n) is 5.28. The number of rotatable bonds is 4. The van der Waals surface area contributed by atoms with Gasteiger partial charge in [0, 0.05) is 39.3 Å². The molecule has 0 radical (unpaired) electrons. The van der Waals surface area contributed by atoms with Crippen molar-refractivity contribution < 1.29 is 9.53 Å². The van der Waals surface area contributed by atoms with E-state index in [4.69, 9.17) is 4.74 Å². The highest BCUT2D eigenvalue weighted by Gasteiger charge is 2.25. The van der Waals surface area contributed by atoms with Gasteiger partial charge in [0.25, 0.3) is 0 Å². The normalized spacial score (nSPS) is 24.9. The molecule has 0 aromatic carbocycles. The van der Waals surface area contributed by atoms with E-state index in [1.165, 1.54) is 6.42 Å². The average Bonchev–Trinajstić information content (AvgIpc) is 2.83. The third kappa shape index (κ3) is 4.41. The van der Waals surface area contributed by atoms with Crippen LogP contribution in [0.25, 0.3) is 0 Å². The van der Waals surface area contributed by atoms with Crippen molar-refractivity contribution in [3.8, 4) is 0 Å². The van der Waals surface area contributed by atoms with E-state index in [1.54, 1.807) is 7.11 Å². The first kappa shape index (κ1) is 15.7. The third-order valence-corrected chi connectivity index (χ3v) is 3.95. The molecule has 0 bridgehead atoms. The average molecular weight is 277 g/mol. The van der Waals surface area contributed by atoms with Crippen LogP contribution in [0.5, 0.6) is 0 Å². The first-order valence-corrected chi connectivity index (χ1v) is 6.79. The topological polar surface area (TPSA) is 41.6 Å². The van der Waals surface area contributed by atoms with Gasteiger partial charge in [-0.3, -0.25) is 4.79 Å². The van der Waals surface area contributed by atoms with Gasteiger partial charge in [-0.15, -0.1) is 12.4 Å². The maximum Gasteiger partial charge on any atom is 0.224 e. The van der Waals surface area contributed by atoms with Crippen molar-refractivity contribution in [2.24, 2.45) is 5.92 Å². The van der Waals surface area contributed by atoms with Gasteiger partial charge in [0.05, 0.1) is 0 Å². The summed E-state index contributed by atoms with van der Waals surface area (Å²) >= 11 is 0. The Morgan fingerprint density at radius 3 is 2.61 bits per heavy atom. The minimum absolute atomic E-state index is 0. The second-order valence-corrected chi connectivity index (χ2v) is 5.28. The lowest BCUT2D eigenvalue weighted by atomic mass is 9.97. The first-order chi connectivity index (χ1) is 8.29. The zero-order valence-corrected chi connectivity index (χ0v) is 12.0. The highest BCUT2D eigenvalue weighted by atomic mass is 35.5. The van der Waals surface area contributed by atoms with Gasteiger partial charge >= 0.3 is 0 Å². The Bertz CT molecular complexity index is 249. The highest BCUT2D eigenvalue weighted by Crippen LogP contribution is 2.19. The van der Waals surface area contributed by atoms with Crippen LogP contribution in [-0.4, -0.2) is 50.2 Å². The second kappa shape index (κ2) is 7.97. The summed E-state index contributed by atoms with van der Waals surface area (Å²) in [5.74, 6) is 0.980. The molecule has 1 amide bonds. The van der Waals surface area contributed by atoms with E-state index in [2.05, 4.69) is 5.32 Å². The standard InChI is InChI=1S/C13H24N2O2.ClH/c1-17-10-11-4-7-15(8-5-11)13(16)9-12-3-2-6-14-12;/h11-12,14H,2-10H2,1H3;1H. The number of carbonyl (C=O) groups excluding carboxylic acids is 1. The van der Waals surface area contributed by atoms with Gasteiger partial charge in [0.15, 0.2) is 0 Å². The lowest BCUT2D eigenvalue weighted by molar-refractivity contribution is -0.133. The summed E-state index contributed by atoms with van der Waals surface area (Å²) in [4.78, 5) is 14.1. The highest BCUT2D eigenvalue weighted by molar-refractivity contribution is 5.85. The number of amides is 1. The van der Waals surface area contributed by atoms with Gasteiger partial charge in [-0.25, -0.2) is 0 Å². The zero-order chi connectivity index (χ0) is 12.1. The van der Waals surface area contributed by atoms with Gasteiger partial charge in [-0.05, 0) is 38.1 Å². The molecule has 0 aromatic heterocycles. The van der Waals surface area contributed by atoms with Crippen molar-refractivity contribution >= 4 is 18.3 Å². The number of hydrogen-bond acceptors (Lipinski definition) is 3. The fourth-order valence-electron chi connectivity index (χ4n) is 2.86. The Morgan fingerprint density at radius 2 is 2.06 bits per heavy atom. The molecule has 4 nitrogen and oxygen atoms in total. The molecule has 106 valence electrons. The summed E-state index contributed by atoms with van der Waals surface area (Å²) in [7, 11) is 1.75. The number of carbonyl (C=O) groups is 1. The fourth-order valence-corrected chi connectivity index (χ4v) is 2.86. The Kier molecular flexibility index (Phi) is 6.97. The van der Waals surface area contributed by atoms with Gasteiger partial charge in [-0.2, -0.15) is 0 Å². The summed E-state index contributed by atoms with van der Waals surface area (Å²) in [6.07, 6.45) is 5.25. The molecule has 1 N–H and O–H groups in total. The molecule has 5 heteroatoms. The minimum atomic E-state index is 0. The summed E-state index contributed by atoms with van der Waals surface area (Å²) in [5, 5.41) is 3.39. The van der Waals surface area contributed by atoms with E-state index in [0.717, 1.165) is 45.5 Å². The van der Waals surface area contributed by atoms with Crippen molar-refractivity contribution in [2.75, 3.05) is 33.4 Å². The minimum Gasteiger partial charge on any atom is -0.384 e. The lowest BCUT2D eigenvalue weighted by Gasteiger charge is -2.32. The van der Waals surface area contributed by atoms with Crippen LogP contribution >= 0.6 is 12.4 Å². The van der Waals surface area contributed by atoms with Gasteiger partial charge in [0.2, 0.25) is 5.91 Å². The van der Waals surface area contributed by atoms with Crippen LogP contribution in [0.3, 0.4) is 0 Å². The largest absolute Gasteiger partial charge is 0.384 e. The van der Waals surface area contributed by atoms with Crippen molar-refractivity contribution in [3.05, 3.63) is 0 Å². The molecule has 2 rings (SSSR count). The molecule has 0 spiro atoms. The van der Waals surface area contributed by atoms with Crippen LogP contribution in [0.15, 0.2) is 0 Å². The van der Waals surface area contributed by atoms with E-state index >= 15 is 0 Å². The number of piperidine rings is 1. The molecule has 0 aromatic rings. The van der Waals surface area contributed by atoms with E-state index in [9.17, 15) is 4.79 Å². The van der Waals surface area contributed by atoms with Crippen molar-refractivity contribution in [1.29, 1.82) is 0 Å². The van der Waals surface area contributed by atoms with E-state index in [0.29, 0.717) is 24.3 Å². The van der Waals surface area contributed by atoms with E-state index in [1.807, 2.05) is 4.90 Å². The van der Waals surface area contributed by atoms with Crippen LogP contribution in [-0.2, 0) is 9.53 Å². The molecule has 2 aliphatic rings. The van der Waals surface area contributed by atoms with Crippen LogP contribution in [0.4, 0.5) is 0 Å². The van der Waals surface area contributed by atoms with Gasteiger partial charge in [-0.1, -0.05) is 0 Å². The number of hydrogen-bond donors (Lipinski definition) is 1. The van der Waals surface area contributed by atoms with Gasteiger partial charge in [0.1, 0.15) is 0 Å². The van der Waals surface area contributed by atoms with E-state index < -0.39 is 0 Å². The molecule has 18 heavy (non-hydrogen) atoms. The molecule has 1 atom stereocenters. The summed E-state index contributed by atoms with van der Waals surface area (Å²) in [5.41, 5.74) is 0. The van der Waals surface area contributed by atoms with E-state index in [-0.39, 0.29) is 12.4 Å². The van der Waals surface area contributed by atoms with Crippen LogP contribution in [0.1, 0.15) is 32.1 Å². The predicted octanol–water partition coefficient (Wildman–Crippen LogP) is 1.44. The third-order valence-electron chi connectivity index (χ3n) is 3.95. The maximum atomic E-state index is 12.1. The summed E-state index contributed by atoms with van der Waals surface area (Å²) in [6, 6.07) is 0.430. The number of nitrogens with zero attached hydrogens (tertiary/aromatic N) is 1. The Morgan fingerprint density at radius 1 is 1.33 bits per heavy atom. The Labute approximate surface area is 116 Å². The van der Waals surface area contributed by atoms with Crippen LogP contribution in [0, 0.1) is 5.92 Å². The predicted molar refractivity (Wildman–Crippen MR) is 74.1 cm³/mol. The van der Waals surface area contributed by atoms with Crippen LogP contribution in [0.2, 0.25) is 0 Å². The fraction of sp³-hybridized carbons (Fsp3) is 0.923. The maximum absolute atomic E-state index is 12.1. The number of nitrogens with one attached hydrogen (secondary N) is 1. The number of ether oxygens (including phenoxy) is 1. The number of halogens is 1.